The Morgan fingerprint density at radius 1 is 0.485 bits per heavy atom. The highest BCUT2D eigenvalue weighted by Crippen LogP contribution is 2.01. The molecule has 198 valence electrons. The Balaban J connectivity index is 3.05. The Kier molecular flexibility index (Phi) is 24.0. The molecule has 0 rings (SSSR count). The van der Waals surface area contributed by atoms with Crippen molar-refractivity contribution >= 4 is 14.3 Å². The van der Waals surface area contributed by atoms with Crippen LogP contribution in [-0.4, -0.2) is 132 Å². The first kappa shape index (κ1) is 32.3. The van der Waals surface area contributed by atoms with Crippen LogP contribution < -0.4 is 0 Å². The molecule has 1 N–H and O–H groups in total. The number of carboxylic acid groups (broad SMARTS) is 1. The second kappa shape index (κ2) is 24.5. The van der Waals surface area contributed by atoms with E-state index < -0.39 is 14.3 Å². The largest absolute Gasteiger partial charge is 0.480 e. The Morgan fingerprint density at radius 2 is 0.727 bits per heavy atom. The Hall–Kier alpha value is -0.673. The van der Waals surface area contributed by atoms with Gasteiger partial charge in [-0.1, -0.05) is 0 Å². The van der Waals surface area contributed by atoms with E-state index in [1.807, 2.05) is 0 Å². The summed E-state index contributed by atoms with van der Waals surface area (Å²) in [6.45, 7) is 14.0. The third-order valence-corrected chi connectivity index (χ3v) is 4.66. The highest BCUT2D eigenvalue weighted by atomic mass is 28.4. The van der Waals surface area contributed by atoms with Crippen LogP contribution in [0.4, 0.5) is 0 Å². The summed E-state index contributed by atoms with van der Waals surface area (Å²) in [6, 6.07) is 0. The Labute approximate surface area is 199 Å². The molecule has 0 bridgehead atoms. The van der Waals surface area contributed by atoms with Gasteiger partial charge in [-0.25, -0.2) is 4.79 Å². The van der Waals surface area contributed by atoms with Crippen LogP contribution >= 0.6 is 0 Å². The minimum absolute atomic E-state index is 0.249. The van der Waals surface area contributed by atoms with Crippen molar-refractivity contribution in [3.63, 3.8) is 0 Å². The number of aliphatic carboxylic acids is 1. The lowest BCUT2D eigenvalue weighted by Crippen LogP contribution is -2.27. The van der Waals surface area contributed by atoms with Crippen LogP contribution in [-0.2, 0) is 47.1 Å². The maximum Gasteiger partial charge on any atom is 0.329 e. The van der Waals surface area contributed by atoms with Crippen molar-refractivity contribution in [3.8, 4) is 0 Å². The molecule has 0 saturated heterocycles. The molecule has 0 aliphatic rings. The molecule has 0 atom stereocenters. The second-order valence-corrected chi connectivity index (χ2v) is 12.2. The summed E-state index contributed by atoms with van der Waals surface area (Å²) >= 11 is 0. The van der Waals surface area contributed by atoms with Gasteiger partial charge in [0.05, 0.1) is 106 Å². The monoisotopic (exact) mass is 500 g/mol. The van der Waals surface area contributed by atoms with Gasteiger partial charge in [-0.3, -0.25) is 0 Å². The van der Waals surface area contributed by atoms with Gasteiger partial charge in [0.1, 0.15) is 6.61 Å². The first-order chi connectivity index (χ1) is 15.9. The molecule has 0 aliphatic carbocycles. The molecular formula is C21H44O11Si. The number of carboxylic acids is 1. The zero-order valence-corrected chi connectivity index (χ0v) is 21.6. The lowest BCUT2D eigenvalue weighted by molar-refractivity contribution is -0.142. The van der Waals surface area contributed by atoms with E-state index in [9.17, 15) is 4.79 Å². The molecule has 0 fully saturated rings. The van der Waals surface area contributed by atoms with Crippen LogP contribution in [0.25, 0.3) is 0 Å². The molecule has 0 aromatic rings. The molecule has 0 radical (unpaired) electrons. The summed E-state index contributed by atoms with van der Waals surface area (Å²) in [5.41, 5.74) is 0. The maximum absolute atomic E-state index is 10.2. The van der Waals surface area contributed by atoms with E-state index in [1.165, 1.54) is 0 Å². The van der Waals surface area contributed by atoms with E-state index in [4.69, 9.17) is 47.4 Å². The quantitative estimate of drug-likeness (QED) is 0.129. The van der Waals surface area contributed by atoms with E-state index >= 15 is 0 Å². The SMILES string of the molecule is C[Si](C)(C)OCCOCCOCCOCCOCCOCCOCCOCCOCC(=O)O. The lowest BCUT2D eigenvalue weighted by atomic mass is 10.6. The molecule has 0 spiro atoms. The van der Waals surface area contributed by atoms with Gasteiger partial charge in [-0.05, 0) is 19.6 Å². The standard InChI is InChI=1S/C21H44O11Si/c1-33(2,3)32-19-18-30-15-14-28-11-10-26-7-6-24-4-5-25-8-9-27-12-13-29-16-17-31-20-21(22)23/h4-20H2,1-3H3,(H,22,23). The molecular weight excluding hydrogens is 456 g/mol. The predicted molar refractivity (Wildman–Crippen MR) is 123 cm³/mol. The van der Waals surface area contributed by atoms with Crippen LogP contribution in [0.5, 0.6) is 0 Å². The van der Waals surface area contributed by atoms with Gasteiger partial charge in [0.25, 0.3) is 0 Å². The Morgan fingerprint density at radius 3 is 0.970 bits per heavy atom. The van der Waals surface area contributed by atoms with E-state index in [1.54, 1.807) is 0 Å². The fraction of sp³-hybridized carbons (Fsp3) is 0.952. The van der Waals surface area contributed by atoms with Crippen LogP contribution in [0, 0.1) is 0 Å². The van der Waals surface area contributed by atoms with E-state index in [2.05, 4.69) is 19.6 Å². The third kappa shape index (κ3) is 31.3. The van der Waals surface area contributed by atoms with Gasteiger partial charge < -0.3 is 47.4 Å². The highest BCUT2D eigenvalue weighted by molar-refractivity contribution is 6.69. The van der Waals surface area contributed by atoms with Crippen molar-refractivity contribution in [1.82, 2.24) is 0 Å². The smallest absolute Gasteiger partial charge is 0.329 e. The molecule has 0 heterocycles. The van der Waals surface area contributed by atoms with Gasteiger partial charge >= 0.3 is 5.97 Å². The summed E-state index contributed by atoms with van der Waals surface area (Å²) in [7, 11) is -1.45. The van der Waals surface area contributed by atoms with Crippen LogP contribution in [0.3, 0.4) is 0 Å². The first-order valence-electron chi connectivity index (χ1n) is 11.4. The minimum Gasteiger partial charge on any atom is -0.480 e. The van der Waals surface area contributed by atoms with Crippen molar-refractivity contribution in [2.45, 2.75) is 19.6 Å². The van der Waals surface area contributed by atoms with E-state index in [-0.39, 0.29) is 13.2 Å². The molecule has 0 unspecified atom stereocenters. The van der Waals surface area contributed by atoms with E-state index in [0.29, 0.717) is 99.1 Å². The van der Waals surface area contributed by atoms with Crippen molar-refractivity contribution in [1.29, 1.82) is 0 Å². The van der Waals surface area contributed by atoms with Gasteiger partial charge in [0.2, 0.25) is 0 Å². The number of hydrogen-bond acceptors (Lipinski definition) is 10. The van der Waals surface area contributed by atoms with Gasteiger partial charge in [0.15, 0.2) is 8.32 Å². The third-order valence-electron chi connectivity index (χ3n) is 3.59. The molecule has 33 heavy (non-hydrogen) atoms. The van der Waals surface area contributed by atoms with Gasteiger partial charge in [-0.15, -0.1) is 0 Å². The molecule has 0 aromatic heterocycles. The summed E-state index contributed by atoms with van der Waals surface area (Å²) in [6.07, 6.45) is 0. The van der Waals surface area contributed by atoms with Gasteiger partial charge in [-0.2, -0.15) is 0 Å². The first-order valence-corrected chi connectivity index (χ1v) is 14.8. The zero-order chi connectivity index (χ0) is 24.5. The summed E-state index contributed by atoms with van der Waals surface area (Å²) in [4.78, 5) is 10.2. The fourth-order valence-electron chi connectivity index (χ4n) is 2.11. The van der Waals surface area contributed by atoms with Crippen LogP contribution in [0.1, 0.15) is 0 Å². The number of hydrogen-bond donors (Lipinski definition) is 1. The van der Waals surface area contributed by atoms with Crippen LogP contribution in [0.15, 0.2) is 0 Å². The van der Waals surface area contributed by atoms with Crippen molar-refractivity contribution in [2.24, 2.45) is 0 Å². The molecule has 12 heteroatoms. The normalized spacial score (nSPS) is 11.8. The van der Waals surface area contributed by atoms with Crippen molar-refractivity contribution in [2.75, 3.05) is 112 Å². The average molecular weight is 501 g/mol. The summed E-state index contributed by atoms with van der Waals surface area (Å²) < 4.78 is 48.2. The number of rotatable bonds is 27. The van der Waals surface area contributed by atoms with Crippen LogP contribution in [0.2, 0.25) is 19.6 Å². The predicted octanol–water partition coefficient (Wildman–Crippen LogP) is 1.06. The fourth-order valence-corrected chi connectivity index (χ4v) is 2.80. The maximum atomic E-state index is 10.2. The summed E-state index contributed by atoms with van der Waals surface area (Å²) in [5.74, 6) is -0.991. The molecule has 0 saturated carbocycles. The molecule has 11 nitrogen and oxygen atoms in total. The molecule has 0 aliphatic heterocycles. The molecule has 0 amide bonds. The minimum atomic E-state index is -1.45. The van der Waals surface area contributed by atoms with Crippen molar-refractivity contribution < 1.29 is 52.2 Å². The summed E-state index contributed by atoms with van der Waals surface area (Å²) in [5, 5.41) is 8.39. The number of carbonyl (C=O) groups is 1. The van der Waals surface area contributed by atoms with Gasteiger partial charge in [0, 0.05) is 0 Å². The topological polar surface area (TPSA) is 120 Å². The Bertz CT molecular complexity index is 422. The van der Waals surface area contributed by atoms with Crippen molar-refractivity contribution in [3.05, 3.63) is 0 Å². The average Bonchev–Trinajstić information content (AvgIpc) is 2.75. The number of ether oxygens (including phenoxy) is 8. The second-order valence-electron chi connectivity index (χ2n) is 7.69. The molecule has 0 aromatic carbocycles. The zero-order valence-electron chi connectivity index (χ0n) is 20.6. The lowest BCUT2D eigenvalue weighted by Gasteiger charge is -2.16. The van der Waals surface area contributed by atoms with E-state index in [0.717, 1.165) is 0 Å². The highest BCUT2D eigenvalue weighted by Gasteiger charge is 2.12.